The smallest absolute Gasteiger partial charge is 0.264 e. The van der Waals surface area contributed by atoms with Crippen LogP contribution >= 0.6 is 11.3 Å². The maximum absolute atomic E-state index is 12.3. The van der Waals surface area contributed by atoms with Gasteiger partial charge in [0.15, 0.2) is 0 Å². The van der Waals surface area contributed by atoms with Gasteiger partial charge in [0, 0.05) is 37.9 Å². The van der Waals surface area contributed by atoms with E-state index in [4.69, 9.17) is 15.2 Å². The number of aryl methyl sites for hydroxylation is 1. The lowest BCUT2D eigenvalue weighted by molar-refractivity contribution is 0.0632. The number of amides is 1. The number of methoxy groups -OCH3 is 2. The fourth-order valence-electron chi connectivity index (χ4n) is 1.48. The average molecular weight is 272 g/mol. The highest BCUT2D eigenvalue weighted by Gasteiger charge is 2.18. The van der Waals surface area contributed by atoms with E-state index >= 15 is 0 Å². The van der Waals surface area contributed by atoms with Crippen molar-refractivity contribution in [2.24, 2.45) is 0 Å². The van der Waals surface area contributed by atoms with E-state index in [9.17, 15) is 4.79 Å². The second-order valence-corrected chi connectivity index (χ2v) is 5.16. The van der Waals surface area contributed by atoms with E-state index in [1.807, 2.05) is 6.92 Å². The highest BCUT2D eigenvalue weighted by molar-refractivity contribution is 7.14. The van der Waals surface area contributed by atoms with E-state index in [-0.39, 0.29) is 5.91 Å². The summed E-state index contributed by atoms with van der Waals surface area (Å²) in [4.78, 5) is 15.6. The summed E-state index contributed by atoms with van der Waals surface area (Å²) in [6.07, 6.45) is 0. The molecule has 0 aliphatic heterocycles. The lowest BCUT2D eigenvalue weighted by Gasteiger charge is -2.21. The SMILES string of the molecule is COCCN(CCOC)C(=O)c1cc(N)c(C)s1. The minimum absolute atomic E-state index is 0.0195. The number of hydrogen-bond donors (Lipinski definition) is 1. The minimum atomic E-state index is -0.0195. The number of ether oxygens (including phenoxy) is 2. The summed E-state index contributed by atoms with van der Waals surface area (Å²) in [6.45, 7) is 4.03. The maximum atomic E-state index is 12.3. The first-order valence-corrected chi connectivity index (χ1v) is 6.54. The zero-order valence-electron chi connectivity index (χ0n) is 11.1. The topological polar surface area (TPSA) is 64.8 Å². The second-order valence-electron chi connectivity index (χ2n) is 3.90. The second kappa shape index (κ2) is 7.35. The van der Waals surface area contributed by atoms with Gasteiger partial charge in [-0.3, -0.25) is 4.79 Å². The highest BCUT2D eigenvalue weighted by Crippen LogP contribution is 2.24. The van der Waals surface area contributed by atoms with E-state index < -0.39 is 0 Å². The number of nitrogen functional groups attached to an aromatic ring is 1. The van der Waals surface area contributed by atoms with Crippen molar-refractivity contribution in [3.8, 4) is 0 Å². The number of anilines is 1. The lowest BCUT2D eigenvalue weighted by Crippen LogP contribution is -2.36. The predicted octanol–water partition coefficient (Wildman–Crippen LogP) is 1.37. The molecule has 0 radical (unpaired) electrons. The van der Waals surface area contributed by atoms with E-state index in [0.717, 1.165) is 4.88 Å². The molecule has 6 heteroatoms. The molecule has 2 N–H and O–H groups in total. The van der Waals surface area contributed by atoms with E-state index in [1.54, 1.807) is 25.2 Å². The molecule has 0 bridgehead atoms. The molecular weight excluding hydrogens is 252 g/mol. The molecule has 1 heterocycles. The number of nitrogens with zero attached hydrogens (tertiary/aromatic N) is 1. The summed E-state index contributed by atoms with van der Waals surface area (Å²) in [5.74, 6) is -0.0195. The maximum Gasteiger partial charge on any atom is 0.264 e. The molecule has 0 aliphatic carbocycles. The van der Waals surface area contributed by atoms with Crippen LogP contribution < -0.4 is 5.73 Å². The van der Waals surface area contributed by atoms with Gasteiger partial charge in [-0.25, -0.2) is 0 Å². The first-order valence-electron chi connectivity index (χ1n) is 5.73. The third-order valence-corrected chi connectivity index (χ3v) is 3.64. The van der Waals surface area contributed by atoms with Crippen LogP contribution in [0.3, 0.4) is 0 Å². The third kappa shape index (κ3) is 3.97. The summed E-state index contributed by atoms with van der Waals surface area (Å²) in [5.41, 5.74) is 6.44. The predicted molar refractivity (Wildman–Crippen MR) is 73.1 cm³/mol. The molecule has 0 aromatic carbocycles. The van der Waals surface area contributed by atoms with Crippen molar-refractivity contribution in [1.29, 1.82) is 0 Å². The summed E-state index contributed by atoms with van der Waals surface area (Å²) < 4.78 is 10.0. The van der Waals surface area contributed by atoms with Crippen LogP contribution in [0.25, 0.3) is 0 Å². The van der Waals surface area contributed by atoms with E-state index in [2.05, 4.69) is 0 Å². The highest BCUT2D eigenvalue weighted by atomic mass is 32.1. The first-order chi connectivity index (χ1) is 8.60. The van der Waals surface area contributed by atoms with Crippen molar-refractivity contribution < 1.29 is 14.3 Å². The largest absolute Gasteiger partial charge is 0.398 e. The Balaban J connectivity index is 2.73. The van der Waals surface area contributed by atoms with Gasteiger partial charge in [0.1, 0.15) is 0 Å². The Hall–Kier alpha value is -1.11. The molecule has 1 aromatic rings. The molecule has 0 saturated heterocycles. The lowest BCUT2D eigenvalue weighted by atomic mass is 10.3. The van der Waals surface area contributed by atoms with Gasteiger partial charge >= 0.3 is 0 Å². The summed E-state index contributed by atoms with van der Waals surface area (Å²) in [5, 5.41) is 0. The third-order valence-electron chi connectivity index (χ3n) is 2.58. The van der Waals surface area contributed by atoms with Crippen LogP contribution in [-0.4, -0.2) is 51.3 Å². The number of thiophene rings is 1. The van der Waals surface area contributed by atoms with Crippen molar-refractivity contribution in [3.63, 3.8) is 0 Å². The molecule has 18 heavy (non-hydrogen) atoms. The van der Waals surface area contributed by atoms with Crippen LogP contribution in [0.5, 0.6) is 0 Å². The first kappa shape index (κ1) is 14.9. The quantitative estimate of drug-likeness (QED) is 0.814. The van der Waals surface area contributed by atoms with Crippen LogP contribution in [0.15, 0.2) is 6.07 Å². The van der Waals surface area contributed by atoms with Gasteiger partial charge in [-0.05, 0) is 13.0 Å². The number of rotatable bonds is 7. The van der Waals surface area contributed by atoms with Gasteiger partial charge in [0.05, 0.1) is 18.1 Å². The van der Waals surface area contributed by atoms with Crippen molar-refractivity contribution in [1.82, 2.24) is 4.90 Å². The molecule has 1 rings (SSSR count). The van der Waals surface area contributed by atoms with Gasteiger partial charge in [0.2, 0.25) is 0 Å². The molecule has 0 fully saturated rings. The summed E-state index contributed by atoms with van der Waals surface area (Å²) in [7, 11) is 3.23. The molecule has 5 nitrogen and oxygen atoms in total. The summed E-state index contributed by atoms with van der Waals surface area (Å²) in [6, 6.07) is 1.73. The Bertz CT molecular complexity index is 365. The van der Waals surface area contributed by atoms with Crippen LogP contribution in [0.2, 0.25) is 0 Å². The molecule has 0 spiro atoms. The van der Waals surface area contributed by atoms with Crippen molar-refractivity contribution in [2.75, 3.05) is 46.3 Å². The van der Waals surface area contributed by atoms with Gasteiger partial charge in [-0.1, -0.05) is 0 Å². The molecule has 1 aromatic heterocycles. The molecule has 0 aliphatic rings. The molecule has 0 atom stereocenters. The van der Waals surface area contributed by atoms with Crippen molar-refractivity contribution in [3.05, 3.63) is 15.8 Å². The number of nitrogens with two attached hydrogens (primary N) is 1. The Kier molecular flexibility index (Phi) is 6.11. The fourth-order valence-corrected chi connectivity index (χ4v) is 2.38. The zero-order valence-corrected chi connectivity index (χ0v) is 11.9. The van der Waals surface area contributed by atoms with Crippen molar-refractivity contribution in [2.45, 2.75) is 6.92 Å². The van der Waals surface area contributed by atoms with Crippen LogP contribution in [0, 0.1) is 6.92 Å². The fraction of sp³-hybridized carbons (Fsp3) is 0.583. The zero-order chi connectivity index (χ0) is 13.5. The van der Waals surface area contributed by atoms with Gasteiger partial charge in [-0.2, -0.15) is 0 Å². The summed E-state index contributed by atoms with van der Waals surface area (Å²) >= 11 is 1.42. The number of hydrogen-bond acceptors (Lipinski definition) is 5. The van der Waals surface area contributed by atoms with Gasteiger partial charge in [0.25, 0.3) is 5.91 Å². The van der Waals surface area contributed by atoms with Gasteiger partial charge in [-0.15, -0.1) is 11.3 Å². The average Bonchev–Trinajstić information content (AvgIpc) is 2.69. The minimum Gasteiger partial charge on any atom is -0.398 e. The van der Waals surface area contributed by atoms with Crippen LogP contribution in [0.4, 0.5) is 5.69 Å². The standard InChI is InChI=1S/C12H20N2O3S/c1-9-10(13)8-11(18-9)12(15)14(4-6-16-2)5-7-17-3/h8H,4-7,13H2,1-3H3. The Morgan fingerprint density at radius 2 is 1.89 bits per heavy atom. The van der Waals surface area contributed by atoms with Gasteiger partial charge < -0.3 is 20.1 Å². The molecule has 102 valence electrons. The number of carbonyl (C=O) groups excluding carboxylic acids is 1. The Morgan fingerprint density at radius 3 is 2.28 bits per heavy atom. The molecule has 1 amide bonds. The Labute approximate surface area is 111 Å². The number of carbonyl (C=O) groups is 1. The van der Waals surface area contributed by atoms with E-state index in [1.165, 1.54) is 11.3 Å². The normalized spacial score (nSPS) is 10.6. The molecule has 0 unspecified atom stereocenters. The Morgan fingerprint density at radius 1 is 1.33 bits per heavy atom. The van der Waals surface area contributed by atoms with Crippen molar-refractivity contribution >= 4 is 22.9 Å². The van der Waals surface area contributed by atoms with Crippen LogP contribution in [0.1, 0.15) is 14.5 Å². The molecule has 0 saturated carbocycles. The molecular formula is C12H20N2O3S. The van der Waals surface area contributed by atoms with Crippen LogP contribution in [-0.2, 0) is 9.47 Å². The monoisotopic (exact) mass is 272 g/mol. The van der Waals surface area contributed by atoms with E-state index in [0.29, 0.717) is 36.9 Å².